The summed E-state index contributed by atoms with van der Waals surface area (Å²) >= 11 is 6.25. The summed E-state index contributed by atoms with van der Waals surface area (Å²) in [5, 5.41) is 3.01. The van der Waals surface area contributed by atoms with Gasteiger partial charge < -0.3 is 10.1 Å². The molecule has 0 fully saturated rings. The monoisotopic (exact) mass is 424 g/mol. The van der Waals surface area contributed by atoms with Crippen LogP contribution in [0.2, 0.25) is 5.02 Å². The summed E-state index contributed by atoms with van der Waals surface area (Å²) in [7, 11) is -0.822. The summed E-state index contributed by atoms with van der Waals surface area (Å²) in [5.74, 6) is 0.769. The van der Waals surface area contributed by atoms with Gasteiger partial charge in [-0.15, -0.1) is 0 Å². The number of amides is 1. The van der Waals surface area contributed by atoms with Gasteiger partial charge in [-0.25, -0.2) is 8.42 Å². The van der Waals surface area contributed by atoms with Crippen molar-refractivity contribution in [3.05, 3.63) is 53.1 Å². The van der Waals surface area contributed by atoms with Gasteiger partial charge in [0.15, 0.2) is 0 Å². The summed E-state index contributed by atoms with van der Waals surface area (Å²) in [5.41, 5.74) is 0.670. The average molecular weight is 425 g/mol. The van der Waals surface area contributed by atoms with Crippen molar-refractivity contribution in [2.24, 2.45) is 5.92 Å². The second-order valence-electron chi connectivity index (χ2n) is 6.75. The molecular weight excluding hydrogens is 400 g/mol. The molecule has 0 spiro atoms. The number of carbonyl (C=O) groups is 1. The van der Waals surface area contributed by atoms with Gasteiger partial charge in [0.2, 0.25) is 0 Å². The van der Waals surface area contributed by atoms with Gasteiger partial charge in [-0.2, -0.15) is 0 Å². The molecule has 0 atom stereocenters. The van der Waals surface area contributed by atoms with E-state index in [0.717, 1.165) is 10.7 Å². The van der Waals surface area contributed by atoms with Gasteiger partial charge >= 0.3 is 0 Å². The molecule has 1 amide bonds. The minimum absolute atomic E-state index is 0.127. The van der Waals surface area contributed by atoms with E-state index in [1.54, 1.807) is 18.2 Å². The molecule has 1 N–H and O–H groups in total. The van der Waals surface area contributed by atoms with Crippen molar-refractivity contribution in [1.82, 2.24) is 5.32 Å². The van der Waals surface area contributed by atoms with E-state index in [9.17, 15) is 13.2 Å². The number of hydrogen-bond donors (Lipinski definition) is 1. The van der Waals surface area contributed by atoms with Gasteiger partial charge in [0, 0.05) is 13.6 Å². The van der Waals surface area contributed by atoms with Crippen LogP contribution in [0.3, 0.4) is 0 Å². The summed E-state index contributed by atoms with van der Waals surface area (Å²) in [6.45, 7) is 4.71. The molecule has 0 aliphatic heterocycles. The molecule has 0 unspecified atom stereocenters. The Balaban J connectivity index is 2.20. The molecule has 6 nitrogen and oxygen atoms in total. The Labute approximate surface area is 171 Å². The predicted molar refractivity (Wildman–Crippen MR) is 112 cm³/mol. The number of sulfonamides is 1. The van der Waals surface area contributed by atoms with E-state index in [1.807, 2.05) is 0 Å². The second kappa shape index (κ2) is 9.30. The van der Waals surface area contributed by atoms with Gasteiger partial charge in [-0.1, -0.05) is 25.4 Å². The third-order valence-corrected chi connectivity index (χ3v) is 6.40. The lowest BCUT2D eigenvalue weighted by Crippen LogP contribution is -2.27. The number of ether oxygens (including phenoxy) is 1. The van der Waals surface area contributed by atoms with Crippen molar-refractivity contribution in [2.45, 2.75) is 25.2 Å². The molecule has 0 radical (unpaired) electrons. The molecular formula is C20H25ClN2O4S. The zero-order valence-electron chi connectivity index (χ0n) is 16.4. The third-order valence-electron chi connectivity index (χ3n) is 4.29. The number of anilines is 1. The SMILES string of the molecule is COc1ccc(S(=O)(=O)N(C)c2ccc(C(=O)NCCC(C)C)c(Cl)c2)cc1. The Morgan fingerprint density at radius 2 is 1.82 bits per heavy atom. The first kappa shape index (κ1) is 22.0. The van der Waals surface area contributed by atoms with E-state index in [1.165, 1.54) is 38.4 Å². The molecule has 152 valence electrons. The maximum absolute atomic E-state index is 12.8. The summed E-state index contributed by atoms with van der Waals surface area (Å²) in [6, 6.07) is 10.7. The highest BCUT2D eigenvalue weighted by atomic mass is 35.5. The second-order valence-corrected chi connectivity index (χ2v) is 9.13. The van der Waals surface area contributed by atoms with Gasteiger partial charge in [0.05, 0.1) is 28.3 Å². The Kier molecular flexibility index (Phi) is 7.32. The normalized spacial score (nSPS) is 11.4. The fourth-order valence-corrected chi connectivity index (χ4v) is 3.95. The van der Waals surface area contributed by atoms with E-state index >= 15 is 0 Å². The maximum atomic E-state index is 12.8. The molecule has 2 aromatic rings. The molecule has 2 aromatic carbocycles. The van der Waals surface area contributed by atoms with Gasteiger partial charge in [0.25, 0.3) is 15.9 Å². The number of benzene rings is 2. The molecule has 0 saturated heterocycles. The zero-order valence-corrected chi connectivity index (χ0v) is 18.0. The lowest BCUT2D eigenvalue weighted by molar-refractivity contribution is 0.0952. The van der Waals surface area contributed by atoms with Crippen LogP contribution in [0, 0.1) is 5.92 Å². The molecule has 28 heavy (non-hydrogen) atoms. The standard InChI is InChI=1S/C20H25ClN2O4S/c1-14(2)11-12-22-20(24)18-10-5-15(13-19(18)21)23(3)28(25,26)17-8-6-16(27-4)7-9-17/h5-10,13-14H,11-12H2,1-4H3,(H,22,24). The van der Waals surface area contributed by atoms with Crippen LogP contribution < -0.4 is 14.4 Å². The highest BCUT2D eigenvalue weighted by Gasteiger charge is 2.22. The fourth-order valence-electron chi connectivity index (χ4n) is 2.50. The van der Waals surface area contributed by atoms with Crippen molar-refractivity contribution >= 4 is 33.2 Å². The number of hydrogen-bond acceptors (Lipinski definition) is 4. The number of methoxy groups -OCH3 is 1. The first-order chi connectivity index (χ1) is 13.2. The molecule has 0 bridgehead atoms. The highest BCUT2D eigenvalue weighted by molar-refractivity contribution is 7.92. The Bertz CT molecular complexity index is 928. The largest absolute Gasteiger partial charge is 0.497 e. The number of carbonyl (C=O) groups excluding carboxylic acids is 1. The number of halogens is 1. The van der Waals surface area contributed by atoms with Crippen molar-refractivity contribution in [2.75, 3.05) is 25.0 Å². The van der Waals surface area contributed by atoms with E-state index in [-0.39, 0.29) is 15.8 Å². The summed E-state index contributed by atoms with van der Waals surface area (Å²) in [4.78, 5) is 12.4. The minimum Gasteiger partial charge on any atom is -0.497 e. The van der Waals surface area contributed by atoms with Crippen molar-refractivity contribution in [3.8, 4) is 5.75 Å². The highest BCUT2D eigenvalue weighted by Crippen LogP contribution is 2.28. The van der Waals surface area contributed by atoms with Crippen molar-refractivity contribution < 1.29 is 17.9 Å². The van der Waals surface area contributed by atoms with Gasteiger partial charge in [-0.05, 0) is 54.8 Å². The van der Waals surface area contributed by atoms with Crippen LogP contribution >= 0.6 is 11.6 Å². The van der Waals surface area contributed by atoms with Gasteiger partial charge in [-0.3, -0.25) is 9.10 Å². The fraction of sp³-hybridized carbons (Fsp3) is 0.350. The topological polar surface area (TPSA) is 75.7 Å². The first-order valence-corrected chi connectivity index (χ1v) is 10.7. The molecule has 0 aliphatic rings. The van der Waals surface area contributed by atoms with E-state index < -0.39 is 10.0 Å². The minimum atomic E-state index is -3.77. The van der Waals surface area contributed by atoms with E-state index in [2.05, 4.69) is 19.2 Å². The summed E-state index contributed by atoms with van der Waals surface area (Å²) in [6.07, 6.45) is 0.865. The Morgan fingerprint density at radius 1 is 1.18 bits per heavy atom. The van der Waals surface area contributed by atoms with Crippen molar-refractivity contribution in [3.63, 3.8) is 0 Å². The van der Waals surface area contributed by atoms with Crippen LogP contribution in [0.5, 0.6) is 5.75 Å². The number of rotatable bonds is 8. The van der Waals surface area contributed by atoms with Crippen LogP contribution in [0.4, 0.5) is 5.69 Å². The Morgan fingerprint density at radius 3 is 2.36 bits per heavy atom. The van der Waals surface area contributed by atoms with Crippen LogP contribution in [0.15, 0.2) is 47.4 Å². The quantitative estimate of drug-likeness (QED) is 0.696. The maximum Gasteiger partial charge on any atom is 0.264 e. The number of nitrogens with zero attached hydrogens (tertiary/aromatic N) is 1. The predicted octanol–water partition coefficient (Wildman–Crippen LogP) is 3.95. The smallest absolute Gasteiger partial charge is 0.264 e. The molecule has 0 aliphatic carbocycles. The molecule has 0 aromatic heterocycles. The van der Waals surface area contributed by atoms with E-state index in [0.29, 0.717) is 29.5 Å². The molecule has 2 rings (SSSR count). The van der Waals surface area contributed by atoms with Crippen LogP contribution in [-0.2, 0) is 10.0 Å². The lowest BCUT2D eigenvalue weighted by atomic mass is 10.1. The third kappa shape index (κ3) is 5.17. The average Bonchev–Trinajstić information content (AvgIpc) is 2.66. The van der Waals surface area contributed by atoms with Gasteiger partial charge in [0.1, 0.15) is 5.75 Å². The van der Waals surface area contributed by atoms with Crippen LogP contribution in [-0.4, -0.2) is 35.0 Å². The van der Waals surface area contributed by atoms with E-state index in [4.69, 9.17) is 16.3 Å². The number of nitrogens with one attached hydrogen (secondary N) is 1. The van der Waals surface area contributed by atoms with Crippen LogP contribution in [0.1, 0.15) is 30.6 Å². The molecule has 8 heteroatoms. The summed E-state index contributed by atoms with van der Waals surface area (Å²) < 4.78 is 31.8. The van der Waals surface area contributed by atoms with Crippen molar-refractivity contribution in [1.29, 1.82) is 0 Å². The first-order valence-electron chi connectivity index (χ1n) is 8.87. The molecule has 0 saturated carbocycles. The zero-order chi connectivity index (χ0) is 20.9. The van der Waals surface area contributed by atoms with Crippen LogP contribution in [0.25, 0.3) is 0 Å². The molecule has 0 heterocycles. The Hall–Kier alpha value is -2.25. The lowest BCUT2D eigenvalue weighted by Gasteiger charge is -2.20.